The van der Waals surface area contributed by atoms with Gasteiger partial charge in [-0.1, -0.05) is 0 Å². The Hall–Kier alpha value is -1.89. The van der Waals surface area contributed by atoms with Crippen LogP contribution in [0.3, 0.4) is 0 Å². The van der Waals surface area contributed by atoms with Gasteiger partial charge in [-0.25, -0.2) is 4.39 Å². The number of phenols is 1. The maximum Gasteiger partial charge on any atom is 0.446 e. The normalized spacial score (nSPS) is 11.4. The van der Waals surface area contributed by atoms with Gasteiger partial charge in [0.25, 0.3) is 0 Å². The Morgan fingerprint density at radius 1 is 1.05 bits per heavy atom. The summed E-state index contributed by atoms with van der Waals surface area (Å²) in [5.41, 5.74) is -3.18. The summed E-state index contributed by atoms with van der Waals surface area (Å²) in [6.45, 7) is 0.247. The monoisotopic (exact) mass is 317 g/mol. The van der Waals surface area contributed by atoms with E-state index in [-0.39, 0.29) is 29.0 Å². The van der Waals surface area contributed by atoms with Gasteiger partial charge in [-0.05, 0) is 53.7 Å². The molecule has 0 amide bonds. The number of halogens is 4. The maximum absolute atomic E-state index is 13.1. The van der Waals surface area contributed by atoms with Crippen LogP contribution in [0, 0.1) is 5.82 Å². The fourth-order valence-corrected chi connectivity index (χ4v) is 2.25. The molecule has 7 heteroatoms. The van der Waals surface area contributed by atoms with Gasteiger partial charge in [0.05, 0.1) is 0 Å². The molecule has 0 aliphatic heterocycles. The minimum absolute atomic E-state index is 0.0939. The second-order valence-corrected chi connectivity index (χ2v) is 5.38. The smallest absolute Gasteiger partial charge is 0.446 e. The van der Waals surface area contributed by atoms with Crippen LogP contribution in [-0.4, -0.2) is 10.6 Å². The molecular weight excluding hydrogens is 306 g/mol. The van der Waals surface area contributed by atoms with Crippen molar-refractivity contribution in [2.24, 2.45) is 0 Å². The van der Waals surface area contributed by atoms with Crippen molar-refractivity contribution in [1.29, 1.82) is 0 Å². The number of phenolic OH excluding ortho intramolecular Hbond substituents is 1. The molecular formula is C14H11F4NOS. The van der Waals surface area contributed by atoms with Gasteiger partial charge in [0.2, 0.25) is 0 Å². The van der Waals surface area contributed by atoms with Crippen LogP contribution < -0.4 is 5.32 Å². The van der Waals surface area contributed by atoms with E-state index in [1.165, 1.54) is 36.4 Å². The molecule has 21 heavy (non-hydrogen) atoms. The average molecular weight is 317 g/mol. The van der Waals surface area contributed by atoms with Gasteiger partial charge in [-0.15, -0.1) is 0 Å². The first-order valence-electron chi connectivity index (χ1n) is 5.90. The molecule has 2 aromatic carbocycles. The average Bonchev–Trinajstić information content (AvgIpc) is 2.35. The lowest BCUT2D eigenvalue weighted by atomic mass is 10.2. The highest BCUT2D eigenvalue weighted by Gasteiger charge is 2.28. The first-order chi connectivity index (χ1) is 9.82. The van der Waals surface area contributed by atoms with Crippen LogP contribution in [-0.2, 0) is 6.54 Å². The molecule has 0 spiro atoms. The largest absolute Gasteiger partial charge is 0.508 e. The molecule has 2 aromatic rings. The van der Waals surface area contributed by atoms with Crippen molar-refractivity contribution < 1.29 is 22.7 Å². The van der Waals surface area contributed by atoms with Crippen LogP contribution in [0.25, 0.3) is 0 Å². The van der Waals surface area contributed by atoms with Crippen LogP contribution in [0.5, 0.6) is 5.75 Å². The molecule has 0 aliphatic rings. The summed E-state index contributed by atoms with van der Waals surface area (Å²) in [6, 6.07) is 9.38. The zero-order chi connectivity index (χ0) is 15.5. The zero-order valence-electron chi connectivity index (χ0n) is 10.6. The van der Waals surface area contributed by atoms with Gasteiger partial charge in [0.1, 0.15) is 11.6 Å². The predicted octanol–water partition coefficient (Wildman–Crippen LogP) is 4.76. The van der Waals surface area contributed by atoms with Crippen molar-refractivity contribution in [3.8, 4) is 5.75 Å². The molecule has 112 valence electrons. The standard InChI is InChI=1S/C14H11F4NOS/c15-10-5-9(6-12(20)7-10)8-19-11-1-3-13(4-2-11)21-14(16,17)18/h1-7,19-20H,8H2. The number of thioether (sulfide) groups is 1. The van der Waals surface area contributed by atoms with Gasteiger partial charge in [0, 0.05) is 23.2 Å². The number of hydrogen-bond acceptors (Lipinski definition) is 3. The van der Waals surface area contributed by atoms with Gasteiger partial charge in [-0.3, -0.25) is 0 Å². The Morgan fingerprint density at radius 2 is 1.71 bits per heavy atom. The summed E-state index contributed by atoms with van der Waals surface area (Å²) in [4.78, 5) is 0.0939. The van der Waals surface area contributed by atoms with E-state index in [1.807, 2.05) is 0 Å². The van der Waals surface area contributed by atoms with Gasteiger partial charge >= 0.3 is 5.51 Å². The molecule has 0 radical (unpaired) electrons. The second kappa shape index (κ2) is 6.26. The quantitative estimate of drug-likeness (QED) is 0.630. The Balaban J connectivity index is 1.97. The lowest BCUT2D eigenvalue weighted by Gasteiger charge is -2.09. The van der Waals surface area contributed by atoms with Crippen LogP contribution in [0.15, 0.2) is 47.4 Å². The van der Waals surface area contributed by atoms with E-state index in [1.54, 1.807) is 0 Å². The Kier molecular flexibility index (Phi) is 4.62. The Bertz CT molecular complexity index is 593. The number of anilines is 1. The molecule has 0 heterocycles. The molecule has 0 unspecified atom stereocenters. The lowest BCUT2D eigenvalue weighted by molar-refractivity contribution is -0.0328. The summed E-state index contributed by atoms with van der Waals surface area (Å²) in [7, 11) is 0. The van der Waals surface area contributed by atoms with Crippen LogP contribution in [0.2, 0.25) is 0 Å². The molecule has 0 fully saturated rings. The number of hydrogen-bond donors (Lipinski definition) is 2. The number of nitrogens with one attached hydrogen (secondary N) is 1. The highest BCUT2D eigenvalue weighted by molar-refractivity contribution is 8.00. The van der Waals surface area contributed by atoms with Gasteiger partial charge in [-0.2, -0.15) is 13.2 Å². The summed E-state index contributed by atoms with van der Waals surface area (Å²) in [5, 5.41) is 12.2. The number of aromatic hydroxyl groups is 1. The van der Waals surface area contributed by atoms with E-state index < -0.39 is 11.3 Å². The fraction of sp³-hybridized carbons (Fsp3) is 0.143. The highest BCUT2D eigenvalue weighted by Crippen LogP contribution is 2.37. The summed E-state index contributed by atoms with van der Waals surface area (Å²) in [5.74, 6) is -0.729. The molecule has 0 bridgehead atoms. The minimum Gasteiger partial charge on any atom is -0.508 e. The van der Waals surface area contributed by atoms with Crippen molar-refractivity contribution in [3.63, 3.8) is 0 Å². The van der Waals surface area contributed by atoms with Gasteiger partial charge < -0.3 is 10.4 Å². The third-order valence-corrected chi connectivity index (χ3v) is 3.27. The van der Waals surface area contributed by atoms with E-state index in [4.69, 9.17) is 0 Å². The maximum atomic E-state index is 13.1. The third-order valence-electron chi connectivity index (χ3n) is 2.53. The second-order valence-electron chi connectivity index (χ2n) is 4.24. The zero-order valence-corrected chi connectivity index (χ0v) is 11.4. The molecule has 0 saturated carbocycles. The van der Waals surface area contributed by atoms with E-state index in [0.29, 0.717) is 11.3 Å². The van der Waals surface area contributed by atoms with Crippen molar-refractivity contribution in [1.82, 2.24) is 0 Å². The number of alkyl halides is 3. The molecule has 0 aliphatic carbocycles. The van der Waals surface area contributed by atoms with Crippen LogP contribution in [0.4, 0.5) is 23.2 Å². The van der Waals surface area contributed by atoms with Crippen molar-refractivity contribution in [3.05, 3.63) is 53.8 Å². The van der Waals surface area contributed by atoms with E-state index >= 15 is 0 Å². The first-order valence-corrected chi connectivity index (χ1v) is 6.71. The van der Waals surface area contributed by atoms with Crippen LogP contribution >= 0.6 is 11.8 Å². The topological polar surface area (TPSA) is 32.3 Å². The lowest BCUT2D eigenvalue weighted by Crippen LogP contribution is -2.01. The summed E-state index contributed by atoms with van der Waals surface area (Å²) < 4.78 is 49.6. The van der Waals surface area contributed by atoms with Crippen molar-refractivity contribution in [2.45, 2.75) is 16.9 Å². The molecule has 0 atom stereocenters. The first kappa shape index (κ1) is 15.5. The van der Waals surface area contributed by atoms with E-state index in [9.17, 15) is 22.7 Å². The highest BCUT2D eigenvalue weighted by atomic mass is 32.2. The number of benzene rings is 2. The summed E-state index contributed by atoms with van der Waals surface area (Å²) in [6.07, 6.45) is 0. The molecule has 2 N–H and O–H groups in total. The predicted molar refractivity (Wildman–Crippen MR) is 73.7 cm³/mol. The summed E-state index contributed by atoms with van der Waals surface area (Å²) >= 11 is -0.183. The Morgan fingerprint density at radius 3 is 2.29 bits per heavy atom. The van der Waals surface area contributed by atoms with Crippen molar-refractivity contribution >= 4 is 17.4 Å². The van der Waals surface area contributed by atoms with Gasteiger partial charge in [0.15, 0.2) is 0 Å². The fourth-order valence-electron chi connectivity index (χ4n) is 1.71. The molecule has 0 saturated heterocycles. The molecule has 0 aromatic heterocycles. The minimum atomic E-state index is -4.31. The molecule has 2 nitrogen and oxygen atoms in total. The number of rotatable bonds is 4. The van der Waals surface area contributed by atoms with Crippen LogP contribution in [0.1, 0.15) is 5.56 Å². The SMILES string of the molecule is Oc1cc(F)cc(CNc2ccc(SC(F)(F)F)cc2)c1. The third kappa shape index (κ3) is 5.18. The molecule has 2 rings (SSSR count). The Labute approximate surface area is 122 Å². The van der Waals surface area contributed by atoms with E-state index in [2.05, 4.69) is 5.32 Å². The van der Waals surface area contributed by atoms with E-state index in [0.717, 1.165) is 6.07 Å². The van der Waals surface area contributed by atoms with Crippen molar-refractivity contribution in [2.75, 3.05) is 5.32 Å².